The number of rotatable bonds is 7. The molecule has 1 aromatic heterocycles. The number of hydrogen-bond acceptors (Lipinski definition) is 3. The maximum Gasteiger partial charge on any atom is 0.319 e. The number of aliphatic hydroxyl groups excluding tert-OH is 1. The van der Waals surface area contributed by atoms with Crippen molar-refractivity contribution < 1.29 is 9.90 Å². The van der Waals surface area contributed by atoms with Gasteiger partial charge in [0, 0.05) is 12.6 Å². The number of nitrogens with one attached hydrogen (secondary N) is 2. The number of carbonyl (C=O) groups is 1. The van der Waals surface area contributed by atoms with E-state index in [0.717, 1.165) is 22.6 Å². The van der Waals surface area contributed by atoms with Gasteiger partial charge in [-0.2, -0.15) is 5.10 Å². The zero-order valence-corrected chi connectivity index (χ0v) is 15.4. The first-order valence-electron chi connectivity index (χ1n) is 8.73. The van der Waals surface area contributed by atoms with Gasteiger partial charge in [0.15, 0.2) is 0 Å². The second-order valence-corrected chi connectivity index (χ2v) is 6.51. The minimum atomic E-state index is -0.263. The highest BCUT2D eigenvalue weighted by molar-refractivity contribution is 5.90. The lowest BCUT2D eigenvalue weighted by atomic mass is 10.0. The van der Waals surface area contributed by atoms with Crippen molar-refractivity contribution in [2.75, 3.05) is 11.9 Å². The Morgan fingerprint density at radius 1 is 1.24 bits per heavy atom. The van der Waals surface area contributed by atoms with Crippen LogP contribution in [0.15, 0.2) is 30.3 Å². The summed E-state index contributed by atoms with van der Waals surface area (Å²) in [5.41, 5.74) is 3.51. The molecule has 25 heavy (non-hydrogen) atoms. The maximum atomic E-state index is 12.5. The summed E-state index contributed by atoms with van der Waals surface area (Å²) in [4.78, 5) is 12.5. The second-order valence-electron chi connectivity index (χ2n) is 6.51. The first-order chi connectivity index (χ1) is 11.9. The first kappa shape index (κ1) is 19.0. The number of urea groups is 1. The molecule has 0 bridgehead atoms. The van der Waals surface area contributed by atoms with Crippen molar-refractivity contribution in [3.63, 3.8) is 0 Å². The Labute approximate surface area is 149 Å². The predicted molar refractivity (Wildman–Crippen MR) is 99.7 cm³/mol. The van der Waals surface area contributed by atoms with E-state index in [1.807, 2.05) is 48.9 Å². The van der Waals surface area contributed by atoms with Crippen molar-refractivity contribution >= 4 is 11.7 Å². The van der Waals surface area contributed by atoms with Crippen LogP contribution in [0.3, 0.4) is 0 Å². The molecule has 0 aliphatic rings. The lowest BCUT2D eigenvalue weighted by Gasteiger charge is -2.19. The summed E-state index contributed by atoms with van der Waals surface area (Å²) in [6, 6.07) is 9.63. The van der Waals surface area contributed by atoms with Crippen LogP contribution >= 0.6 is 0 Å². The van der Waals surface area contributed by atoms with Gasteiger partial charge in [-0.25, -0.2) is 4.79 Å². The Bertz CT molecular complexity index is 695. The van der Waals surface area contributed by atoms with E-state index in [2.05, 4.69) is 29.6 Å². The molecule has 0 aliphatic carbocycles. The molecule has 0 radical (unpaired) electrons. The minimum Gasteiger partial charge on any atom is -0.396 e. The fourth-order valence-corrected chi connectivity index (χ4v) is 2.96. The van der Waals surface area contributed by atoms with Gasteiger partial charge in [0.1, 0.15) is 0 Å². The third-order valence-corrected chi connectivity index (χ3v) is 4.21. The Kier molecular flexibility index (Phi) is 6.58. The van der Waals surface area contributed by atoms with Gasteiger partial charge >= 0.3 is 6.03 Å². The van der Waals surface area contributed by atoms with Crippen molar-refractivity contribution in [1.82, 2.24) is 15.1 Å². The molecule has 2 rings (SSSR count). The summed E-state index contributed by atoms with van der Waals surface area (Å²) < 4.78 is 1.91. The average Bonchev–Trinajstić information content (AvgIpc) is 2.87. The summed E-state index contributed by atoms with van der Waals surface area (Å²) in [6.07, 6.45) is 1.31. The molecule has 0 saturated heterocycles. The Morgan fingerprint density at radius 2 is 1.92 bits per heavy atom. The molecule has 1 heterocycles. The highest BCUT2D eigenvalue weighted by Gasteiger charge is 2.18. The van der Waals surface area contributed by atoms with Crippen molar-refractivity contribution in [3.05, 3.63) is 47.3 Å². The average molecular weight is 344 g/mol. The van der Waals surface area contributed by atoms with E-state index in [4.69, 9.17) is 5.11 Å². The van der Waals surface area contributed by atoms with Crippen LogP contribution in [0.2, 0.25) is 0 Å². The van der Waals surface area contributed by atoms with E-state index < -0.39 is 0 Å². The van der Waals surface area contributed by atoms with E-state index in [1.54, 1.807) is 0 Å². The van der Waals surface area contributed by atoms with Crippen molar-refractivity contribution in [3.8, 4) is 0 Å². The van der Waals surface area contributed by atoms with Gasteiger partial charge < -0.3 is 15.7 Å². The second kappa shape index (κ2) is 8.67. The van der Waals surface area contributed by atoms with Crippen molar-refractivity contribution in [2.24, 2.45) is 0 Å². The first-order valence-corrected chi connectivity index (χ1v) is 8.73. The van der Waals surface area contributed by atoms with Gasteiger partial charge in [-0.3, -0.25) is 4.68 Å². The summed E-state index contributed by atoms with van der Waals surface area (Å²) in [6.45, 7) is 8.07. The van der Waals surface area contributed by atoms with Gasteiger partial charge in [0.05, 0.1) is 23.1 Å². The van der Waals surface area contributed by atoms with Gasteiger partial charge in [-0.05, 0) is 46.1 Å². The third-order valence-electron chi connectivity index (χ3n) is 4.21. The van der Waals surface area contributed by atoms with E-state index in [0.29, 0.717) is 12.8 Å². The number of aryl methyl sites for hydroxylation is 1. The summed E-state index contributed by atoms with van der Waals surface area (Å²) in [5, 5.41) is 19.6. The largest absolute Gasteiger partial charge is 0.396 e. The van der Waals surface area contributed by atoms with Crippen LogP contribution in [-0.4, -0.2) is 27.5 Å². The minimum absolute atomic E-state index is 0.103. The molecule has 3 N–H and O–H groups in total. The molecule has 2 aromatic rings. The van der Waals surface area contributed by atoms with Crippen LogP contribution in [0.25, 0.3) is 0 Å². The highest BCUT2D eigenvalue weighted by atomic mass is 16.3. The van der Waals surface area contributed by atoms with Crippen molar-refractivity contribution in [2.45, 2.75) is 52.6 Å². The topological polar surface area (TPSA) is 79.2 Å². The Morgan fingerprint density at radius 3 is 2.48 bits per heavy atom. The molecule has 136 valence electrons. The zero-order chi connectivity index (χ0) is 18.4. The molecule has 2 amide bonds. The molecule has 1 aromatic carbocycles. The predicted octanol–water partition coefficient (Wildman–Crippen LogP) is 3.72. The molecule has 6 nitrogen and oxygen atoms in total. The molecule has 0 spiro atoms. The molecule has 0 saturated carbocycles. The van der Waals surface area contributed by atoms with Crippen LogP contribution in [0.5, 0.6) is 0 Å². The van der Waals surface area contributed by atoms with E-state index in [9.17, 15) is 4.79 Å². The lowest BCUT2D eigenvalue weighted by molar-refractivity contribution is 0.243. The summed E-state index contributed by atoms with van der Waals surface area (Å²) in [7, 11) is 0. The van der Waals surface area contributed by atoms with Crippen LogP contribution in [0.4, 0.5) is 10.5 Å². The van der Waals surface area contributed by atoms with Crippen LogP contribution in [0.1, 0.15) is 55.7 Å². The quantitative estimate of drug-likeness (QED) is 0.716. The van der Waals surface area contributed by atoms with Gasteiger partial charge in [0.25, 0.3) is 0 Å². The molecule has 0 unspecified atom stereocenters. The van der Waals surface area contributed by atoms with Crippen LogP contribution < -0.4 is 10.6 Å². The van der Waals surface area contributed by atoms with Crippen LogP contribution in [-0.2, 0) is 0 Å². The van der Waals surface area contributed by atoms with E-state index >= 15 is 0 Å². The molecule has 6 heteroatoms. The molecular weight excluding hydrogens is 316 g/mol. The number of carbonyl (C=O) groups excluding carboxylic acids is 1. The zero-order valence-electron chi connectivity index (χ0n) is 15.4. The number of benzene rings is 1. The van der Waals surface area contributed by atoms with Gasteiger partial charge in [-0.1, -0.05) is 30.3 Å². The molecular formula is C19H28N4O2. The molecule has 1 atom stereocenters. The number of aliphatic hydroxyl groups is 1. The fraction of sp³-hybridized carbons (Fsp3) is 0.474. The van der Waals surface area contributed by atoms with Gasteiger partial charge in [0.2, 0.25) is 0 Å². The molecule has 0 fully saturated rings. The Hall–Kier alpha value is -2.34. The van der Waals surface area contributed by atoms with Crippen LogP contribution in [0, 0.1) is 13.8 Å². The number of nitrogens with zero attached hydrogens (tertiary/aromatic N) is 2. The molecule has 0 aliphatic heterocycles. The number of anilines is 1. The lowest BCUT2D eigenvalue weighted by Crippen LogP contribution is -2.33. The fourth-order valence-electron chi connectivity index (χ4n) is 2.96. The number of amides is 2. The summed E-state index contributed by atoms with van der Waals surface area (Å²) >= 11 is 0. The Balaban J connectivity index is 2.11. The maximum absolute atomic E-state index is 12.5. The summed E-state index contributed by atoms with van der Waals surface area (Å²) in [5.74, 6) is 0. The monoisotopic (exact) mass is 344 g/mol. The number of hydrogen-bond donors (Lipinski definition) is 3. The normalized spacial score (nSPS) is 12.2. The standard InChI is InChI=1S/C19H28N4O2/c1-13(2)23-15(4)18(14(3)22-23)21-19(25)20-17(11-8-12-24)16-9-6-5-7-10-16/h5-7,9-10,13,17,24H,8,11-12H2,1-4H3,(H2,20,21,25)/t17-/m0/s1. The third kappa shape index (κ3) is 4.82. The SMILES string of the molecule is Cc1nn(C(C)C)c(C)c1NC(=O)N[C@@H](CCCO)c1ccccc1. The highest BCUT2D eigenvalue weighted by Crippen LogP contribution is 2.23. The van der Waals surface area contributed by atoms with E-state index in [-0.39, 0.29) is 24.7 Å². The number of aromatic nitrogens is 2. The van der Waals surface area contributed by atoms with Crippen molar-refractivity contribution in [1.29, 1.82) is 0 Å². The smallest absolute Gasteiger partial charge is 0.319 e. The van der Waals surface area contributed by atoms with E-state index in [1.165, 1.54) is 0 Å². The van der Waals surface area contributed by atoms with Gasteiger partial charge in [-0.15, -0.1) is 0 Å².